The molecule has 19 heteroatoms. The zero-order chi connectivity index (χ0) is 73.1. The predicted molar refractivity (Wildman–Crippen MR) is 404 cm³/mol. The number of carbonyl (C=O) groups is 4. The maximum absolute atomic E-state index is 13.1. The summed E-state index contributed by atoms with van der Waals surface area (Å²) in [5.41, 5.74) is 0. The molecule has 0 aliphatic rings. The van der Waals surface area contributed by atoms with Gasteiger partial charge in [0.05, 0.1) is 26.4 Å². The number of rotatable bonds is 77. The standard InChI is InChI=1S/C80H156O17P2/c1-9-73(8)59-51-43-38-39-45-53-61-78(83)91-67-76(97-80(85)63-55-47-37-31-34-42-50-58-72(6)7)69-95-99(88,89)93-65-74(81)64-92-98(86,87)94-68-75(66-90-77(82)60-52-44-35-29-25-21-18-14-16-20-24-28-33-41-49-57-71(4)5)96-79(84)62-54-46-36-30-26-22-17-13-11-10-12-15-19-23-27-32-40-48-56-70(2)3/h70-76,81H,9-69H2,1-8H3,(H,86,87)(H,88,89)/t73?,74-,75-,76-/m1/s1. The van der Waals surface area contributed by atoms with Crippen molar-refractivity contribution in [2.45, 2.75) is 427 Å². The normalized spacial score (nSPS) is 14.3. The fourth-order valence-corrected chi connectivity index (χ4v) is 13.8. The quantitative estimate of drug-likeness (QED) is 0.0222. The number of esters is 4. The first-order valence-corrected chi connectivity index (χ1v) is 44.2. The van der Waals surface area contributed by atoms with Crippen molar-refractivity contribution in [3.8, 4) is 0 Å². The van der Waals surface area contributed by atoms with Gasteiger partial charge in [-0.2, -0.15) is 0 Å². The maximum Gasteiger partial charge on any atom is 0.472 e. The Hall–Kier alpha value is -1.94. The molecule has 0 fully saturated rings. The lowest BCUT2D eigenvalue weighted by Gasteiger charge is -2.21. The highest BCUT2D eigenvalue weighted by Crippen LogP contribution is 2.45. The van der Waals surface area contributed by atoms with Crippen LogP contribution in [0.3, 0.4) is 0 Å². The lowest BCUT2D eigenvalue weighted by Crippen LogP contribution is -2.30. The summed E-state index contributed by atoms with van der Waals surface area (Å²) in [6.45, 7) is 14.2. The van der Waals surface area contributed by atoms with Gasteiger partial charge in [-0.1, -0.05) is 357 Å². The average Bonchev–Trinajstić information content (AvgIpc) is 1.04. The molecule has 0 heterocycles. The summed E-state index contributed by atoms with van der Waals surface area (Å²) in [4.78, 5) is 72.9. The van der Waals surface area contributed by atoms with E-state index in [0.717, 1.165) is 114 Å². The molecule has 0 aromatic rings. The van der Waals surface area contributed by atoms with E-state index in [1.165, 1.54) is 205 Å². The molecule has 0 aliphatic heterocycles. The summed E-state index contributed by atoms with van der Waals surface area (Å²) in [6.07, 6.45) is 55.8. The van der Waals surface area contributed by atoms with Gasteiger partial charge in [-0.15, -0.1) is 0 Å². The van der Waals surface area contributed by atoms with Crippen LogP contribution in [-0.2, 0) is 65.4 Å². The van der Waals surface area contributed by atoms with Gasteiger partial charge in [-0.05, 0) is 49.4 Å². The Bertz CT molecular complexity index is 1940. The third-order valence-electron chi connectivity index (χ3n) is 18.9. The van der Waals surface area contributed by atoms with Gasteiger partial charge in [-0.3, -0.25) is 37.3 Å². The fourth-order valence-electron chi connectivity index (χ4n) is 12.2. The molecule has 0 aliphatic carbocycles. The third-order valence-corrected chi connectivity index (χ3v) is 20.8. The van der Waals surface area contributed by atoms with Crippen molar-refractivity contribution in [1.29, 1.82) is 0 Å². The molecule has 0 spiro atoms. The van der Waals surface area contributed by atoms with Crippen LogP contribution in [0.2, 0.25) is 0 Å². The van der Waals surface area contributed by atoms with E-state index in [1.54, 1.807) is 0 Å². The van der Waals surface area contributed by atoms with Gasteiger partial charge < -0.3 is 33.8 Å². The number of phosphoric acid groups is 2. The summed E-state index contributed by atoms with van der Waals surface area (Å²) in [7, 11) is -9.92. The van der Waals surface area contributed by atoms with Crippen molar-refractivity contribution in [3.63, 3.8) is 0 Å². The van der Waals surface area contributed by atoms with E-state index >= 15 is 0 Å². The van der Waals surface area contributed by atoms with E-state index in [1.807, 2.05) is 0 Å². The van der Waals surface area contributed by atoms with E-state index in [0.29, 0.717) is 31.6 Å². The molecule has 0 rings (SSSR count). The number of aliphatic hydroxyl groups is 1. The molecule has 0 aromatic carbocycles. The molecule has 6 atom stereocenters. The summed E-state index contributed by atoms with van der Waals surface area (Å²) in [6, 6.07) is 0. The van der Waals surface area contributed by atoms with Crippen molar-refractivity contribution >= 4 is 39.5 Å². The minimum absolute atomic E-state index is 0.102. The van der Waals surface area contributed by atoms with Gasteiger partial charge in [0.1, 0.15) is 19.3 Å². The third kappa shape index (κ3) is 72.8. The van der Waals surface area contributed by atoms with Crippen LogP contribution in [0.1, 0.15) is 409 Å². The van der Waals surface area contributed by atoms with Crippen molar-refractivity contribution in [1.82, 2.24) is 0 Å². The van der Waals surface area contributed by atoms with Crippen LogP contribution in [0.5, 0.6) is 0 Å². The topological polar surface area (TPSA) is 237 Å². The SMILES string of the molecule is CCC(C)CCCCCCCCC(=O)OC[C@H](COP(=O)(O)OC[C@H](O)COP(=O)(O)OC[C@@H](COC(=O)CCCCCCCCCCCCCCCCCC(C)C)OC(=O)CCCCCCCCCCCCCCCCCCCCC(C)C)OC(=O)CCCCCCCCCC(C)C. The molecule has 0 saturated heterocycles. The monoisotopic (exact) mass is 1450 g/mol. The number of phosphoric ester groups is 2. The van der Waals surface area contributed by atoms with E-state index < -0.39 is 97.5 Å². The van der Waals surface area contributed by atoms with E-state index in [2.05, 4.69) is 55.4 Å². The van der Waals surface area contributed by atoms with Crippen LogP contribution in [0.15, 0.2) is 0 Å². The highest BCUT2D eigenvalue weighted by atomic mass is 31.2. The minimum Gasteiger partial charge on any atom is -0.462 e. The Kier molecular flexibility index (Phi) is 67.8. The average molecular weight is 1450 g/mol. The smallest absolute Gasteiger partial charge is 0.462 e. The van der Waals surface area contributed by atoms with Crippen LogP contribution < -0.4 is 0 Å². The zero-order valence-corrected chi connectivity index (χ0v) is 66.9. The number of hydrogen-bond acceptors (Lipinski definition) is 15. The molecule has 17 nitrogen and oxygen atoms in total. The molecule has 588 valence electrons. The molecule has 0 radical (unpaired) electrons. The Balaban J connectivity index is 5.20. The Labute approximate surface area is 607 Å². The lowest BCUT2D eigenvalue weighted by atomic mass is 10.00. The van der Waals surface area contributed by atoms with Crippen molar-refractivity contribution in [2.24, 2.45) is 23.7 Å². The van der Waals surface area contributed by atoms with Crippen LogP contribution >= 0.6 is 15.6 Å². The Morgan fingerprint density at radius 1 is 0.283 bits per heavy atom. The van der Waals surface area contributed by atoms with Crippen molar-refractivity contribution in [3.05, 3.63) is 0 Å². The fraction of sp³-hybridized carbons (Fsp3) is 0.950. The van der Waals surface area contributed by atoms with Crippen molar-refractivity contribution < 1.29 is 80.2 Å². The van der Waals surface area contributed by atoms with Gasteiger partial charge in [-0.25, -0.2) is 9.13 Å². The molecule has 3 unspecified atom stereocenters. The number of ether oxygens (including phenoxy) is 4. The second-order valence-electron chi connectivity index (χ2n) is 30.5. The number of carbonyl (C=O) groups excluding carboxylic acids is 4. The van der Waals surface area contributed by atoms with Crippen LogP contribution in [0.4, 0.5) is 0 Å². The molecular formula is C80H156O17P2. The first kappa shape index (κ1) is 97.1. The molecule has 99 heavy (non-hydrogen) atoms. The van der Waals surface area contributed by atoms with Gasteiger partial charge in [0, 0.05) is 25.7 Å². The number of aliphatic hydroxyl groups excluding tert-OH is 1. The molecule has 0 bridgehead atoms. The highest BCUT2D eigenvalue weighted by molar-refractivity contribution is 7.47. The first-order valence-electron chi connectivity index (χ1n) is 41.2. The maximum atomic E-state index is 13.1. The minimum atomic E-state index is -4.96. The summed E-state index contributed by atoms with van der Waals surface area (Å²) in [5, 5.41) is 10.6. The number of unbranched alkanes of at least 4 members (excludes halogenated alkanes) is 42. The van der Waals surface area contributed by atoms with E-state index in [4.69, 9.17) is 37.0 Å². The van der Waals surface area contributed by atoms with Gasteiger partial charge in [0.25, 0.3) is 0 Å². The predicted octanol–water partition coefficient (Wildman–Crippen LogP) is 23.6. The van der Waals surface area contributed by atoms with Gasteiger partial charge in [0.15, 0.2) is 12.2 Å². The molecule has 0 saturated carbocycles. The summed E-state index contributed by atoms with van der Waals surface area (Å²) in [5.74, 6) is 0.933. The van der Waals surface area contributed by atoms with Crippen LogP contribution in [0, 0.1) is 23.7 Å². The summed E-state index contributed by atoms with van der Waals surface area (Å²) < 4.78 is 68.6. The van der Waals surface area contributed by atoms with Crippen LogP contribution in [-0.4, -0.2) is 96.7 Å². The van der Waals surface area contributed by atoms with E-state index in [-0.39, 0.29) is 25.7 Å². The van der Waals surface area contributed by atoms with Gasteiger partial charge >= 0.3 is 39.5 Å². The second-order valence-corrected chi connectivity index (χ2v) is 33.4. The second kappa shape index (κ2) is 69.1. The lowest BCUT2D eigenvalue weighted by molar-refractivity contribution is -0.161. The highest BCUT2D eigenvalue weighted by Gasteiger charge is 2.30. The molecule has 0 amide bonds. The Morgan fingerprint density at radius 2 is 0.485 bits per heavy atom. The number of hydrogen-bond donors (Lipinski definition) is 3. The van der Waals surface area contributed by atoms with Crippen LogP contribution in [0.25, 0.3) is 0 Å². The van der Waals surface area contributed by atoms with Crippen molar-refractivity contribution in [2.75, 3.05) is 39.6 Å². The summed E-state index contributed by atoms with van der Waals surface area (Å²) >= 11 is 0. The Morgan fingerprint density at radius 3 is 0.717 bits per heavy atom. The molecular weight excluding hydrogens is 1290 g/mol. The van der Waals surface area contributed by atoms with Gasteiger partial charge in [0.2, 0.25) is 0 Å². The van der Waals surface area contributed by atoms with E-state index in [9.17, 15) is 43.2 Å². The molecule has 0 aromatic heterocycles. The molecule has 3 N–H and O–H groups in total. The first-order chi connectivity index (χ1) is 47.6. The largest absolute Gasteiger partial charge is 0.472 e. The zero-order valence-electron chi connectivity index (χ0n) is 65.1.